The molecule has 1 aromatic carbocycles. The number of pyridine rings is 1. The molecule has 0 fully saturated rings. The van der Waals surface area contributed by atoms with E-state index in [4.69, 9.17) is 11.0 Å². The molecule has 0 bridgehead atoms. The van der Waals surface area contributed by atoms with Gasteiger partial charge in [0.15, 0.2) is 0 Å². The first-order valence-electron chi connectivity index (χ1n) is 5.05. The van der Waals surface area contributed by atoms with Gasteiger partial charge in [0.25, 0.3) is 0 Å². The lowest BCUT2D eigenvalue weighted by Crippen LogP contribution is -1.99. The third-order valence-electron chi connectivity index (χ3n) is 2.46. The lowest BCUT2D eigenvalue weighted by atomic mass is 10.0. The zero-order chi connectivity index (χ0) is 12.4. The number of nitrogens with two attached hydrogens (primary N) is 1. The van der Waals surface area contributed by atoms with E-state index in [1.54, 1.807) is 18.2 Å². The second-order valence-electron chi connectivity index (χ2n) is 3.71. The molecule has 0 atom stereocenters. The summed E-state index contributed by atoms with van der Waals surface area (Å²) in [4.78, 5) is 4.14. The molecule has 0 aliphatic rings. The molecule has 2 N–H and O–H groups in total. The SMILES string of the molecule is Cc1cc(C#N)c(N)nc1-c1cccc(F)c1. The molecule has 17 heavy (non-hydrogen) atoms. The van der Waals surface area contributed by atoms with Crippen molar-refractivity contribution in [2.24, 2.45) is 0 Å². The summed E-state index contributed by atoms with van der Waals surface area (Å²) in [6.07, 6.45) is 0. The van der Waals surface area contributed by atoms with E-state index >= 15 is 0 Å². The van der Waals surface area contributed by atoms with Crippen LogP contribution in [0.15, 0.2) is 30.3 Å². The van der Waals surface area contributed by atoms with Crippen LogP contribution in [0.25, 0.3) is 11.3 Å². The Morgan fingerprint density at radius 3 is 2.76 bits per heavy atom. The van der Waals surface area contributed by atoms with E-state index in [-0.39, 0.29) is 11.6 Å². The first kappa shape index (κ1) is 11.1. The second-order valence-corrected chi connectivity index (χ2v) is 3.71. The Balaban J connectivity index is 2.61. The summed E-state index contributed by atoms with van der Waals surface area (Å²) in [5.74, 6) is -0.163. The minimum Gasteiger partial charge on any atom is -0.383 e. The van der Waals surface area contributed by atoms with E-state index in [0.717, 1.165) is 5.56 Å². The monoisotopic (exact) mass is 227 g/mol. The molecule has 0 radical (unpaired) electrons. The van der Waals surface area contributed by atoms with Gasteiger partial charge in [0, 0.05) is 5.56 Å². The maximum absolute atomic E-state index is 13.1. The number of halogens is 1. The van der Waals surface area contributed by atoms with Gasteiger partial charge < -0.3 is 5.73 Å². The number of benzene rings is 1. The molecule has 0 saturated carbocycles. The van der Waals surface area contributed by atoms with Gasteiger partial charge >= 0.3 is 0 Å². The van der Waals surface area contributed by atoms with Crippen molar-refractivity contribution < 1.29 is 4.39 Å². The summed E-state index contributed by atoms with van der Waals surface area (Å²) in [6.45, 7) is 1.81. The maximum Gasteiger partial charge on any atom is 0.142 e. The fourth-order valence-electron chi connectivity index (χ4n) is 1.65. The molecule has 0 unspecified atom stereocenters. The molecule has 2 rings (SSSR count). The van der Waals surface area contributed by atoms with Gasteiger partial charge in [0.05, 0.1) is 11.3 Å². The quantitative estimate of drug-likeness (QED) is 0.814. The largest absolute Gasteiger partial charge is 0.383 e. The first-order valence-corrected chi connectivity index (χ1v) is 5.05. The molecule has 0 aliphatic carbocycles. The molecule has 0 spiro atoms. The van der Waals surface area contributed by atoms with Crippen molar-refractivity contribution >= 4 is 5.82 Å². The molecule has 1 aromatic heterocycles. The molecule has 0 aliphatic heterocycles. The van der Waals surface area contributed by atoms with Crippen molar-refractivity contribution in [1.29, 1.82) is 5.26 Å². The zero-order valence-electron chi connectivity index (χ0n) is 9.24. The molecule has 2 aromatic rings. The Bertz CT molecular complexity index is 615. The van der Waals surface area contributed by atoms with Gasteiger partial charge in [0.1, 0.15) is 17.7 Å². The maximum atomic E-state index is 13.1. The molecule has 0 saturated heterocycles. The molecular weight excluding hydrogens is 217 g/mol. The van der Waals surface area contributed by atoms with Crippen LogP contribution in [-0.4, -0.2) is 4.98 Å². The van der Waals surface area contributed by atoms with Crippen molar-refractivity contribution in [1.82, 2.24) is 4.98 Å². The van der Waals surface area contributed by atoms with Gasteiger partial charge in [0.2, 0.25) is 0 Å². The number of hydrogen-bond donors (Lipinski definition) is 1. The molecule has 4 heteroatoms. The summed E-state index contributed by atoms with van der Waals surface area (Å²) in [7, 11) is 0. The van der Waals surface area contributed by atoms with Crippen molar-refractivity contribution in [3.05, 3.63) is 47.3 Å². The third-order valence-corrected chi connectivity index (χ3v) is 2.46. The van der Waals surface area contributed by atoms with E-state index in [9.17, 15) is 4.39 Å². The van der Waals surface area contributed by atoms with Gasteiger partial charge in [-0.25, -0.2) is 9.37 Å². The number of hydrogen-bond acceptors (Lipinski definition) is 3. The van der Waals surface area contributed by atoms with Gasteiger partial charge in [-0.1, -0.05) is 12.1 Å². The summed E-state index contributed by atoms with van der Waals surface area (Å²) >= 11 is 0. The van der Waals surface area contributed by atoms with E-state index in [1.807, 2.05) is 13.0 Å². The number of nitriles is 1. The van der Waals surface area contributed by atoms with Crippen molar-refractivity contribution in [3.8, 4) is 17.3 Å². The number of nitrogen functional groups attached to an aromatic ring is 1. The van der Waals surface area contributed by atoms with Crippen molar-refractivity contribution in [2.45, 2.75) is 6.92 Å². The third kappa shape index (κ3) is 2.08. The fourth-order valence-corrected chi connectivity index (χ4v) is 1.65. The summed E-state index contributed by atoms with van der Waals surface area (Å²) in [6, 6.07) is 9.74. The zero-order valence-corrected chi connectivity index (χ0v) is 9.24. The Morgan fingerprint density at radius 2 is 2.12 bits per heavy atom. The van der Waals surface area contributed by atoms with Crippen molar-refractivity contribution in [3.63, 3.8) is 0 Å². The highest BCUT2D eigenvalue weighted by Gasteiger charge is 2.09. The number of anilines is 1. The van der Waals surface area contributed by atoms with Crippen LogP contribution in [0.3, 0.4) is 0 Å². The van der Waals surface area contributed by atoms with Gasteiger partial charge in [-0.2, -0.15) is 5.26 Å². The second kappa shape index (κ2) is 4.22. The average Bonchev–Trinajstić information content (AvgIpc) is 2.31. The van der Waals surface area contributed by atoms with E-state index in [2.05, 4.69) is 4.98 Å². The van der Waals surface area contributed by atoms with Gasteiger partial charge in [-0.3, -0.25) is 0 Å². The van der Waals surface area contributed by atoms with Crippen LogP contribution in [0, 0.1) is 24.1 Å². The Kier molecular flexibility index (Phi) is 2.75. The molecule has 1 heterocycles. The first-order chi connectivity index (χ1) is 8.11. The number of nitrogens with zero attached hydrogens (tertiary/aromatic N) is 2. The lowest BCUT2D eigenvalue weighted by Gasteiger charge is -2.07. The standard InChI is InChI=1S/C13H10FN3/c1-8-5-10(7-15)13(16)17-12(8)9-3-2-4-11(14)6-9/h2-6H,1H3,(H2,16,17). The van der Waals surface area contributed by atoms with Crippen LogP contribution in [-0.2, 0) is 0 Å². The Morgan fingerprint density at radius 1 is 1.35 bits per heavy atom. The van der Waals surface area contributed by atoms with Crippen LogP contribution in [0.4, 0.5) is 10.2 Å². The highest BCUT2D eigenvalue weighted by molar-refractivity contribution is 5.67. The lowest BCUT2D eigenvalue weighted by molar-refractivity contribution is 0.628. The van der Waals surface area contributed by atoms with E-state index in [1.165, 1.54) is 12.1 Å². The van der Waals surface area contributed by atoms with E-state index in [0.29, 0.717) is 16.8 Å². The van der Waals surface area contributed by atoms with Crippen LogP contribution >= 0.6 is 0 Å². The smallest absolute Gasteiger partial charge is 0.142 e. The van der Waals surface area contributed by atoms with Crippen LogP contribution < -0.4 is 5.73 Å². The number of aryl methyl sites for hydroxylation is 1. The van der Waals surface area contributed by atoms with E-state index < -0.39 is 0 Å². The highest BCUT2D eigenvalue weighted by Crippen LogP contribution is 2.24. The summed E-state index contributed by atoms with van der Waals surface area (Å²) in [5.41, 5.74) is 8.03. The Labute approximate surface area is 98.3 Å². The minimum atomic E-state index is -0.327. The predicted molar refractivity (Wildman–Crippen MR) is 63.5 cm³/mol. The summed E-state index contributed by atoms with van der Waals surface area (Å²) in [5, 5.41) is 8.82. The van der Waals surface area contributed by atoms with Crippen LogP contribution in [0.5, 0.6) is 0 Å². The normalized spacial score (nSPS) is 9.94. The fraction of sp³-hybridized carbons (Fsp3) is 0.0769. The van der Waals surface area contributed by atoms with Crippen LogP contribution in [0.1, 0.15) is 11.1 Å². The minimum absolute atomic E-state index is 0.164. The van der Waals surface area contributed by atoms with Gasteiger partial charge in [-0.05, 0) is 30.7 Å². The van der Waals surface area contributed by atoms with Crippen molar-refractivity contribution in [2.75, 3.05) is 5.73 Å². The molecular formula is C13H10FN3. The molecule has 84 valence electrons. The topological polar surface area (TPSA) is 62.7 Å². The van der Waals surface area contributed by atoms with Gasteiger partial charge in [-0.15, -0.1) is 0 Å². The number of rotatable bonds is 1. The number of aromatic nitrogens is 1. The average molecular weight is 227 g/mol. The van der Waals surface area contributed by atoms with Crippen LogP contribution in [0.2, 0.25) is 0 Å². The molecule has 3 nitrogen and oxygen atoms in total. The molecule has 0 amide bonds. The predicted octanol–water partition coefficient (Wildman–Crippen LogP) is 2.65. The summed E-state index contributed by atoms with van der Waals surface area (Å²) < 4.78 is 13.1. The highest BCUT2D eigenvalue weighted by atomic mass is 19.1. The Hall–Kier alpha value is -2.41.